The number of ether oxygens (including phenoxy) is 2. The van der Waals surface area contributed by atoms with Gasteiger partial charge in [0.25, 0.3) is 5.91 Å². The van der Waals surface area contributed by atoms with Gasteiger partial charge in [0.2, 0.25) is 17.7 Å². The summed E-state index contributed by atoms with van der Waals surface area (Å²) >= 11 is 3.22. The number of rotatable bonds is 16. The summed E-state index contributed by atoms with van der Waals surface area (Å²) < 4.78 is 19.0. The number of carbonyl (C=O) groups excluding carboxylic acids is 5. The number of aliphatic hydroxyl groups excluding tert-OH is 1. The average Bonchev–Trinajstić information content (AvgIpc) is 4.33. The second-order valence-electron chi connectivity index (χ2n) is 21.9. The van der Waals surface area contributed by atoms with Crippen LogP contribution in [0, 0.1) is 39.0 Å². The Morgan fingerprint density at radius 1 is 0.912 bits per heavy atom. The van der Waals surface area contributed by atoms with Gasteiger partial charge in [-0.05, 0) is 99.5 Å². The molecule has 0 spiro atoms. The molecule has 10 rings (SSSR count). The standard InChI is InChI=1S/C59H66N10O9S2/c1-31-34(4)80-58-49(31)50(63-44(27-48(71)76-9)53-66-65-35(5)69(53)58)37-14-16-41(17-15-37)67-22-20-39(28-67)54(72)60-21-23-77-43-18-19-46-40(24-43)25-47(78-46)56(74)64-52(59(6,7)8)57(75)68-29-42(70)26-45(68)55(73)62-32(2)36-10-12-38(13-11-36)51-33(3)61-30-79-51/h10-19,24-25,30,32,39,42,44-45,52,70H,20-23,26-29H2,1-9H3,(H,60,72)(H,62,73)(H,64,74)/t32-,39-,42+,44-,45-,52?/m0/s1. The minimum atomic E-state index is -1.07. The van der Waals surface area contributed by atoms with Crippen LogP contribution in [0.4, 0.5) is 5.69 Å². The number of aliphatic hydroxyl groups is 1. The molecule has 1 unspecified atom stereocenters. The number of nitrogens with zero attached hydrogens (tertiary/aromatic N) is 7. The number of nitrogens with one attached hydrogen (secondary N) is 3. The topological polar surface area (TPSA) is 236 Å². The van der Waals surface area contributed by atoms with Gasteiger partial charge in [-0.2, -0.15) is 0 Å². The number of thiazole rings is 1. The molecule has 7 aromatic rings. The third-order valence-electron chi connectivity index (χ3n) is 15.3. The Balaban J connectivity index is 0.717. The largest absolute Gasteiger partial charge is 0.492 e. The van der Waals surface area contributed by atoms with E-state index in [0.717, 1.165) is 59.7 Å². The zero-order valence-corrected chi connectivity index (χ0v) is 47.9. The smallest absolute Gasteiger partial charge is 0.308 e. The molecule has 6 atom stereocenters. The number of aliphatic imine (C=N–C) groups is 1. The molecular weight excluding hydrogens is 1060 g/mol. The summed E-state index contributed by atoms with van der Waals surface area (Å²) in [4.78, 5) is 83.4. The summed E-state index contributed by atoms with van der Waals surface area (Å²) in [5.74, 6) is -0.356. The van der Waals surface area contributed by atoms with Crippen LogP contribution in [-0.2, 0) is 23.9 Å². The van der Waals surface area contributed by atoms with E-state index in [1.165, 1.54) is 12.0 Å². The van der Waals surface area contributed by atoms with Crippen LogP contribution in [0.5, 0.6) is 5.75 Å². The molecule has 21 heteroatoms. The lowest BCUT2D eigenvalue weighted by molar-refractivity contribution is -0.142. The van der Waals surface area contributed by atoms with Gasteiger partial charge < -0.3 is 44.7 Å². The predicted octanol–water partition coefficient (Wildman–Crippen LogP) is 7.89. The van der Waals surface area contributed by atoms with Crippen molar-refractivity contribution in [2.24, 2.45) is 16.3 Å². The molecule has 4 aromatic heterocycles. The SMILES string of the molecule is COC(=O)C[C@@H]1N=C(c2ccc(N3CC[C@H](C(=O)NCCOc4ccc5oc(C(=O)NC(C(=O)N6C[C@H](O)C[C@H]6C(=O)N[C@@H](C)c6ccc(-c7scnc7C)cc6)C(C)(C)C)cc5c4)C3)cc2)c2c(sc(C)c2C)-n2c(C)nnc21. The van der Waals surface area contributed by atoms with Gasteiger partial charge in [0.05, 0.1) is 59.9 Å². The van der Waals surface area contributed by atoms with E-state index in [2.05, 4.69) is 62.0 Å². The maximum Gasteiger partial charge on any atom is 0.308 e. The zero-order chi connectivity index (χ0) is 56.7. The number of aryl methyl sites for hydroxylation is 3. The van der Waals surface area contributed by atoms with Gasteiger partial charge in [0, 0.05) is 53.1 Å². The molecule has 3 aliphatic rings. The molecule has 3 aromatic carbocycles. The molecule has 19 nitrogen and oxygen atoms in total. The first-order chi connectivity index (χ1) is 38.3. The number of furan rings is 1. The lowest BCUT2D eigenvalue weighted by atomic mass is 9.85. The molecule has 0 saturated carbocycles. The Hall–Kier alpha value is -7.75. The fourth-order valence-corrected chi connectivity index (χ4v) is 12.8. The van der Waals surface area contributed by atoms with E-state index in [9.17, 15) is 29.1 Å². The third-order valence-corrected chi connectivity index (χ3v) is 17.5. The van der Waals surface area contributed by atoms with E-state index in [1.807, 2.05) is 88.0 Å². The summed E-state index contributed by atoms with van der Waals surface area (Å²) in [5.41, 5.74) is 9.08. The quantitative estimate of drug-likeness (QED) is 0.0533. The van der Waals surface area contributed by atoms with E-state index >= 15 is 0 Å². The van der Waals surface area contributed by atoms with Crippen molar-refractivity contribution < 1.29 is 43.0 Å². The van der Waals surface area contributed by atoms with Crippen LogP contribution in [0.3, 0.4) is 0 Å². The monoisotopic (exact) mass is 1120 g/mol. The van der Waals surface area contributed by atoms with Crippen LogP contribution < -0.4 is 25.6 Å². The number of anilines is 1. The first-order valence-corrected chi connectivity index (χ1v) is 28.5. The summed E-state index contributed by atoms with van der Waals surface area (Å²) in [6.07, 6.45) is -0.152. The number of amides is 4. The number of carbonyl (C=O) groups is 5. The highest BCUT2D eigenvalue weighted by Crippen LogP contribution is 2.40. The lowest BCUT2D eigenvalue weighted by Crippen LogP contribution is -2.57. The second kappa shape index (κ2) is 22.8. The zero-order valence-electron chi connectivity index (χ0n) is 46.3. The molecule has 7 heterocycles. The van der Waals surface area contributed by atoms with Gasteiger partial charge in [-0.25, -0.2) is 4.98 Å². The second-order valence-corrected chi connectivity index (χ2v) is 24.0. The predicted molar refractivity (Wildman–Crippen MR) is 306 cm³/mol. The van der Waals surface area contributed by atoms with Gasteiger partial charge in [0.1, 0.15) is 46.9 Å². The number of hydrogen-bond donors (Lipinski definition) is 4. The van der Waals surface area contributed by atoms with E-state index < -0.39 is 47.4 Å². The van der Waals surface area contributed by atoms with Crippen molar-refractivity contribution in [2.45, 2.75) is 105 Å². The Morgan fingerprint density at radius 2 is 1.66 bits per heavy atom. The Morgan fingerprint density at radius 3 is 2.38 bits per heavy atom. The van der Waals surface area contributed by atoms with Crippen molar-refractivity contribution in [1.29, 1.82) is 0 Å². The summed E-state index contributed by atoms with van der Waals surface area (Å²) in [7, 11) is 1.37. The summed E-state index contributed by atoms with van der Waals surface area (Å²) in [6.45, 7) is 17.1. The molecule has 0 bridgehead atoms. The first-order valence-electron chi connectivity index (χ1n) is 26.8. The highest BCUT2D eigenvalue weighted by Gasteiger charge is 2.45. The highest BCUT2D eigenvalue weighted by molar-refractivity contribution is 7.15. The van der Waals surface area contributed by atoms with Crippen molar-refractivity contribution in [1.82, 2.24) is 40.6 Å². The Labute approximate surface area is 471 Å². The van der Waals surface area contributed by atoms with E-state index in [-0.39, 0.29) is 62.1 Å². The number of fused-ring (bicyclic) bond motifs is 4. The fraction of sp³-hybridized carbons (Fsp3) is 0.407. The number of benzene rings is 3. The fourth-order valence-electron chi connectivity index (χ4n) is 10.7. The number of aromatic nitrogens is 4. The van der Waals surface area contributed by atoms with E-state index in [4.69, 9.17) is 18.9 Å². The van der Waals surface area contributed by atoms with E-state index in [1.54, 1.807) is 46.9 Å². The lowest BCUT2D eigenvalue weighted by Gasteiger charge is -2.35. The number of β-amino-alcohol motifs (C(OH)–C–C–N with tert-alkyl or cyclic N) is 1. The minimum Gasteiger partial charge on any atom is -0.492 e. The number of esters is 1. The molecule has 2 fully saturated rings. The van der Waals surface area contributed by atoms with Crippen LogP contribution in [0.15, 0.2) is 87.7 Å². The average molecular weight is 1120 g/mol. The van der Waals surface area contributed by atoms with Crippen LogP contribution >= 0.6 is 22.7 Å². The van der Waals surface area contributed by atoms with Crippen LogP contribution in [0.2, 0.25) is 0 Å². The summed E-state index contributed by atoms with van der Waals surface area (Å²) in [6, 6.07) is 19.8. The van der Waals surface area contributed by atoms with E-state index in [0.29, 0.717) is 47.9 Å². The molecule has 4 N–H and O–H groups in total. The normalized spacial score (nSPS) is 18.7. The maximum atomic E-state index is 14.4. The minimum absolute atomic E-state index is 0.0159. The van der Waals surface area contributed by atoms with Gasteiger partial charge in [-0.15, -0.1) is 32.9 Å². The number of hydrogen-bond acceptors (Lipinski definition) is 16. The molecule has 4 amide bonds. The van der Waals surface area contributed by atoms with Gasteiger partial charge in [0.15, 0.2) is 11.6 Å². The first kappa shape index (κ1) is 55.6. The van der Waals surface area contributed by atoms with Gasteiger partial charge in [-0.1, -0.05) is 57.2 Å². The van der Waals surface area contributed by atoms with Crippen LogP contribution in [0.25, 0.3) is 26.4 Å². The van der Waals surface area contributed by atoms with Crippen molar-refractivity contribution >= 4 is 74.6 Å². The number of thiophene rings is 1. The molecule has 0 radical (unpaired) electrons. The van der Waals surface area contributed by atoms with Crippen LogP contribution in [-0.4, -0.2) is 123 Å². The molecule has 418 valence electrons. The van der Waals surface area contributed by atoms with Crippen molar-refractivity contribution in [3.8, 4) is 21.2 Å². The van der Waals surface area contributed by atoms with Crippen molar-refractivity contribution in [3.63, 3.8) is 0 Å². The molecule has 3 aliphatic heterocycles. The molecule has 0 aliphatic carbocycles. The molecule has 80 heavy (non-hydrogen) atoms. The van der Waals surface area contributed by atoms with Gasteiger partial charge >= 0.3 is 5.97 Å². The Bertz CT molecular complexity index is 3520. The van der Waals surface area contributed by atoms with Crippen LogP contribution in [0.1, 0.15) is 114 Å². The summed E-state index contributed by atoms with van der Waals surface area (Å²) in [5, 5.41) is 30.1. The highest BCUT2D eigenvalue weighted by atomic mass is 32.1. The van der Waals surface area contributed by atoms with Crippen molar-refractivity contribution in [2.75, 3.05) is 44.8 Å². The molecular formula is C59H66N10O9S2. The third kappa shape index (κ3) is 11.4. The molecule has 2 saturated heterocycles. The number of likely N-dealkylation sites (tertiary alicyclic amines) is 1. The number of methoxy groups -OCH3 is 1. The van der Waals surface area contributed by atoms with Crippen molar-refractivity contribution in [3.05, 3.63) is 129 Å². The van der Waals surface area contributed by atoms with Gasteiger partial charge in [-0.3, -0.25) is 33.5 Å². The Kier molecular flexibility index (Phi) is 15.8. The maximum absolute atomic E-state index is 14.4.